The molecule has 0 saturated heterocycles. The molecule has 1 aromatic rings. The van der Waals surface area contributed by atoms with Crippen LogP contribution in [-0.4, -0.2) is 15.0 Å². The zero-order valence-corrected chi connectivity index (χ0v) is 6.22. The van der Waals surface area contributed by atoms with E-state index in [0.717, 1.165) is 0 Å². The Morgan fingerprint density at radius 1 is 1.45 bits per heavy atom. The van der Waals surface area contributed by atoms with Crippen molar-refractivity contribution < 1.29 is 13.0 Å². The molecule has 1 aromatic heterocycles. The van der Waals surface area contributed by atoms with E-state index in [0.29, 0.717) is 0 Å². The summed E-state index contributed by atoms with van der Waals surface area (Å²) in [5, 5.41) is -0.0810. The van der Waals surface area contributed by atoms with Crippen LogP contribution in [0.1, 0.15) is 0 Å². The minimum absolute atomic E-state index is 0.0810. The SMILES string of the molecule is O=S(c1ccccn1)C(F)F. The van der Waals surface area contributed by atoms with Gasteiger partial charge in [-0.05, 0) is 12.1 Å². The third-order valence-corrected chi connectivity index (χ3v) is 1.98. The number of alkyl halides is 2. The molecule has 0 N–H and O–H groups in total. The summed E-state index contributed by atoms with van der Waals surface area (Å²) in [4.78, 5) is 3.52. The van der Waals surface area contributed by atoms with Crippen LogP contribution in [0.5, 0.6) is 0 Å². The monoisotopic (exact) mass is 177 g/mol. The number of aromatic nitrogens is 1. The van der Waals surface area contributed by atoms with Crippen molar-refractivity contribution in [1.82, 2.24) is 4.98 Å². The number of halogens is 2. The minimum Gasteiger partial charge on any atom is -0.247 e. The molecule has 0 aliphatic rings. The summed E-state index contributed by atoms with van der Waals surface area (Å²) in [5.74, 6) is -2.86. The molecule has 1 unspecified atom stereocenters. The van der Waals surface area contributed by atoms with Gasteiger partial charge in [0.05, 0.1) is 0 Å². The molecule has 0 amide bonds. The van der Waals surface area contributed by atoms with Crippen LogP contribution in [0.2, 0.25) is 0 Å². The number of hydrogen-bond donors (Lipinski definition) is 0. The Bertz CT molecular complexity index is 252. The first-order valence-corrected chi connectivity index (χ1v) is 4.03. The predicted octanol–water partition coefficient (Wildman–Crippen LogP) is 1.41. The van der Waals surface area contributed by atoms with Gasteiger partial charge in [0.2, 0.25) is 0 Å². The van der Waals surface area contributed by atoms with E-state index in [1.807, 2.05) is 0 Å². The fraction of sp³-hybridized carbons (Fsp3) is 0.167. The Balaban J connectivity index is 2.86. The maximum Gasteiger partial charge on any atom is 0.317 e. The molecule has 0 aromatic carbocycles. The first-order chi connectivity index (χ1) is 5.22. The summed E-state index contributed by atoms with van der Waals surface area (Å²) in [6.45, 7) is 0. The van der Waals surface area contributed by atoms with Crippen LogP contribution in [-0.2, 0) is 10.8 Å². The number of nitrogens with zero attached hydrogens (tertiary/aromatic N) is 1. The quantitative estimate of drug-likeness (QED) is 0.683. The molecule has 1 heterocycles. The van der Waals surface area contributed by atoms with Crippen molar-refractivity contribution in [3.8, 4) is 0 Å². The van der Waals surface area contributed by atoms with Crippen LogP contribution in [0.25, 0.3) is 0 Å². The van der Waals surface area contributed by atoms with Crippen molar-refractivity contribution >= 4 is 10.8 Å². The molecule has 0 aliphatic carbocycles. The van der Waals surface area contributed by atoms with Gasteiger partial charge in [0.15, 0.2) is 0 Å². The molecule has 1 rings (SSSR count). The van der Waals surface area contributed by atoms with Gasteiger partial charge < -0.3 is 0 Å². The number of pyridine rings is 1. The first kappa shape index (κ1) is 8.26. The van der Waals surface area contributed by atoms with Crippen molar-refractivity contribution in [2.45, 2.75) is 10.8 Å². The van der Waals surface area contributed by atoms with E-state index in [-0.39, 0.29) is 5.03 Å². The summed E-state index contributed by atoms with van der Waals surface area (Å²) < 4.78 is 34.2. The number of rotatable bonds is 2. The highest BCUT2D eigenvalue weighted by molar-refractivity contribution is 7.85. The standard InChI is InChI=1S/C6H5F2NOS/c7-6(8)11(10)5-3-1-2-4-9-5/h1-4,6H. The summed E-state index contributed by atoms with van der Waals surface area (Å²) in [6.07, 6.45) is 1.33. The van der Waals surface area contributed by atoms with Gasteiger partial charge in [-0.1, -0.05) is 6.07 Å². The molecule has 2 nitrogen and oxygen atoms in total. The van der Waals surface area contributed by atoms with Crippen LogP contribution in [0.15, 0.2) is 29.4 Å². The van der Waals surface area contributed by atoms with E-state index < -0.39 is 16.6 Å². The second-order valence-corrected chi connectivity index (χ2v) is 3.10. The normalized spacial score (nSPS) is 13.4. The smallest absolute Gasteiger partial charge is 0.247 e. The third-order valence-electron chi connectivity index (χ3n) is 1.01. The first-order valence-electron chi connectivity index (χ1n) is 2.81. The molecule has 5 heteroatoms. The third kappa shape index (κ3) is 2.04. The molecule has 11 heavy (non-hydrogen) atoms. The van der Waals surface area contributed by atoms with E-state index in [2.05, 4.69) is 4.98 Å². The summed E-state index contributed by atoms with van der Waals surface area (Å²) in [6, 6.07) is 4.40. The van der Waals surface area contributed by atoms with Crippen LogP contribution >= 0.6 is 0 Å². The van der Waals surface area contributed by atoms with Gasteiger partial charge in [-0.15, -0.1) is 0 Å². The Morgan fingerprint density at radius 3 is 2.64 bits per heavy atom. The second kappa shape index (κ2) is 3.52. The van der Waals surface area contributed by atoms with Gasteiger partial charge in [-0.2, -0.15) is 8.78 Å². The lowest BCUT2D eigenvalue weighted by molar-refractivity contribution is 0.243. The second-order valence-electron chi connectivity index (χ2n) is 1.73. The molecule has 0 spiro atoms. The molecule has 60 valence electrons. The van der Waals surface area contributed by atoms with E-state index in [1.54, 1.807) is 6.07 Å². The van der Waals surface area contributed by atoms with Gasteiger partial charge in [0.25, 0.3) is 0 Å². The largest absolute Gasteiger partial charge is 0.317 e. The zero-order valence-electron chi connectivity index (χ0n) is 5.41. The Kier molecular flexibility index (Phi) is 2.64. The van der Waals surface area contributed by atoms with Crippen LogP contribution in [0.3, 0.4) is 0 Å². The van der Waals surface area contributed by atoms with E-state index in [9.17, 15) is 13.0 Å². The molecule has 0 aliphatic heterocycles. The molecule has 0 fully saturated rings. The highest BCUT2D eigenvalue weighted by Gasteiger charge is 2.15. The Labute approximate surface area is 64.7 Å². The van der Waals surface area contributed by atoms with Crippen molar-refractivity contribution in [3.63, 3.8) is 0 Å². The fourth-order valence-corrected chi connectivity index (χ4v) is 1.12. The van der Waals surface area contributed by atoms with E-state index in [1.165, 1.54) is 18.3 Å². The van der Waals surface area contributed by atoms with Crippen LogP contribution < -0.4 is 0 Å². The van der Waals surface area contributed by atoms with Gasteiger partial charge >= 0.3 is 5.76 Å². The molecular weight excluding hydrogens is 172 g/mol. The molecule has 1 atom stereocenters. The van der Waals surface area contributed by atoms with E-state index >= 15 is 0 Å². The maximum absolute atomic E-state index is 11.8. The lowest BCUT2D eigenvalue weighted by atomic mass is 10.5. The van der Waals surface area contributed by atoms with Crippen molar-refractivity contribution in [1.29, 1.82) is 0 Å². The van der Waals surface area contributed by atoms with Crippen LogP contribution in [0, 0.1) is 0 Å². The van der Waals surface area contributed by atoms with Crippen LogP contribution in [0.4, 0.5) is 8.78 Å². The van der Waals surface area contributed by atoms with Crippen molar-refractivity contribution in [3.05, 3.63) is 24.4 Å². The zero-order chi connectivity index (χ0) is 8.27. The molecular formula is C6H5F2NOS. The Hall–Kier alpha value is -0.840. The lowest BCUT2D eigenvalue weighted by Gasteiger charge is -1.96. The molecule has 0 radical (unpaired) electrons. The summed E-state index contributed by atoms with van der Waals surface area (Å²) >= 11 is 0. The van der Waals surface area contributed by atoms with Crippen molar-refractivity contribution in [2.24, 2.45) is 0 Å². The maximum atomic E-state index is 11.8. The van der Waals surface area contributed by atoms with Gasteiger partial charge in [-0.3, -0.25) is 0 Å². The topological polar surface area (TPSA) is 30.0 Å². The predicted molar refractivity (Wildman–Crippen MR) is 36.6 cm³/mol. The average Bonchev–Trinajstić information content (AvgIpc) is 2.05. The highest BCUT2D eigenvalue weighted by atomic mass is 32.2. The van der Waals surface area contributed by atoms with Gasteiger partial charge in [0, 0.05) is 6.20 Å². The highest BCUT2D eigenvalue weighted by Crippen LogP contribution is 2.09. The molecule has 0 bridgehead atoms. The minimum atomic E-state index is -2.86. The van der Waals surface area contributed by atoms with E-state index in [4.69, 9.17) is 0 Å². The molecule has 0 saturated carbocycles. The fourth-order valence-electron chi connectivity index (χ4n) is 0.557. The summed E-state index contributed by atoms with van der Waals surface area (Å²) in [5.41, 5.74) is 0. The lowest BCUT2D eigenvalue weighted by Crippen LogP contribution is -2.03. The van der Waals surface area contributed by atoms with Crippen molar-refractivity contribution in [2.75, 3.05) is 0 Å². The average molecular weight is 177 g/mol. The summed E-state index contributed by atoms with van der Waals surface area (Å²) in [7, 11) is -2.28. The van der Waals surface area contributed by atoms with Gasteiger partial charge in [-0.25, -0.2) is 9.19 Å². The Morgan fingerprint density at radius 2 is 2.18 bits per heavy atom. The van der Waals surface area contributed by atoms with Gasteiger partial charge in [0.1, 0.15) is 15.8 Å². The number of hydrogen-bond acceptors (Lipinski definition) is 2.